The summed E-state index contributed by atoms with van der Waals surface area (Å²) in [5, 5.41) is 2.76. The van der Waals surface area contributed by atoms with Crippen molar-refractivity contribution in [2.24, 2.45) is 10.7 Å². The summed E-state index contributed by atoms with van der Waals surface area (Å²) < 4.78 is 10.4. The number of hydrogen-bond acceptors (Lipinski definition) is 4. The van der Waals surface area contributed by atoms with E-state index in [0.717, 1.165) is 24.8 Å². The van der Waals surface area contributed by atoms with Crippen LogP contribution in [0, 0.1) is 0 Å². The molecule has 0 spiro atoms. The van der Waals surface area contributed by atoms with E-state index in [2.05, 4.69) is 10.3 Å². The molecular weight excluding hydrogens is 360 g/mol. The van der Waals surface area contributed by atoms with E-state index in [4.69, 9.17) is 15.2 Å². The number of piperidine rings is 1. The summed E-state index contributed by atoms with van der Waals surface area (Å²) in [4.78, 5) is 29.6. The molecule has 1 heterocycles. The number of alkyl carbamates (subject to hydrolysis) is 1. The monoisotopic (exact) mass is 390 g/mol. The molecule has 0 radical (unpaired) electrons. The molecule has 1 saturated heterocycles. The maximum absolute atomic E-state index is 12.0. The number of nitrogens with zero attached hydrogens (tertiary/aromatic N) is 2. The second kappa shape index (κ2) is 9.96. The van der Waals surface area contributed by atoms with Crippen LogP contribution in [0.15, 0.2) is 35.3 Å². The number of rotatable bonds is 4. The molecule has 28 heavy (non-hydrogen) atoms. The Balaban J connectivity index is 1.89. The maximum Gasteiger partial charge on any atom is 0.437 e. The standard InChI is InChI=1S/C20H30N4O4/c1-20(2,3)28-18(25)22-13-16-11-7-8-12-24(16)17(21)23-19(26)27-14-15-9-5-4-6-10-15/h4-6,9-10,16H,7-8,11-14H2,1-3H3,(H,22,25)(H2,21,23,26). The molecule has 8 nitrogen and oxygen atoms in total. The van der Waals surface area contributed by atoms with Gasteiger partial charge in [0.05, 0.1) is 0 Å². The molecule has 154 valence electrons. The van der Waals surface area contributed by atoms with Crippen LogP contribution in [0.2, 0.25) is 0 Å². The molecule has 1 aliphatic rings. The van der Waals surface area contributed by atoms with Crippen LogP contribution in [0.3, 0.4) is 0 Å². The summed E-state index contributed by atoms with van der Waals surface area (Å²) in [5.41, 5.74) is 6.37. The molecule has 3 N–H and O–H groups in total. The number of ether oxygens (including phenoxy) is 2. The quantitative estimate of drug-likeness (QED) is 0.605. The Kier molecular flexibility index (Phi) is 7.66. The van der Waals surface area contributed by atoms with E-state index >= 15 is 0 Å². The summed E-state index contributed by atoms with van der Waals surface area (Å²) in [5.74, 6) is 0.105. The van der Waals surface area contributed by atoms with Crippen LogP contribution in [0.1, 0.15) is 45.6 Å². The Hall–Kier alpha value is -2.77. The highest BCUT2D eigenvalue weighted by Crippen LogP contribution is 2.17. The number of guanidine groups is 1. The maximum atomic E-state index is 12.0. The lowest BCUT2D eigenvalue weighted by molar-refractivity contribution is 0.0510. The molecule has 2 rings (SSSR count). The minimum Gasteiger partial charge on any atom is -0.444 e. The summed E-state index contributed by atoms with van der Waals surface area (Å²) in [6.45, 7) is 6.60. The van der Waals surface area contributed by atoms with Gasteiger partial charge in [-0.25, -0.2) is 9.59 Å². The fourth-order valence-electron chi connectivity index (χ4n) is 2.94. The van der Waals surface area contributed by atoms with Crippen LogP contribution in [-0.4, -0.2) is 47.8 Å². The molecule has 1 aromatic rings. The van der Waals surface area contributed by atoms with E-state index in [9.17, 15) is 9.59 Å². The number of carbonyl (C=O) groups excluding carboxylic acids is 2. The summed E-state index contributed by atoms with van der Waals surface area (Å²) >= 11 is 0. The minimum atomic E-state index is -0.731. The molecule has 0 saturated carbocycles. The predicted octanol–water partition coefficient (Wildman–Crippen LogP) is 3.02. The summed E-state index contributed by atoms with van der Waals surface area (Å²) in [6.07, 6.45) is 1.59. The van der Waals surface area contributed by atoms with Crippen LogP contribution in [0.4, 0.5) is 9.59 Å². The minimum absolute atomic E-state index is 0.0491. The second-order valence-corrected chi connectivity index (χ2v) is 7.74. The van der Waals surface area contributed by atoms with Gasteiger partial charge in [-0.1, -0.05) is 30.3 Å². The van der Waals surface area contributed by atoms with Gasteiger partial charge in [0, 0.05) is 19.1 Å². The molecule has 1 aliphatic heterocycles. The number of aliphatic imine (C=N–C) groups is 1. The number of likely N-dealkylation sites (tertiary alicyclic amines) is 1. The van der Waals surface area contributed by atoms with Crippen molar-refractivity contribution in [2.75, 3.05) is 13.1 Å². The zero-order chi connectivity index (χ0) is 20.6. The normalized spacial score (nSPS) is 17.8. The van der Waals surface area contributed by atoms with Crippen molar-refractivity contribution in [3.63, 3.8) is 0 Å². The molecule has 0 bridgehead atoms. The zero-order valence-electron chi connectivity index (χ0n) is 16.8. The van der Waals surface area contributed by atoms with Gasteiger partial charge in [-0.2, -0.15) is 0 Å². The number of amides is 2. The van der Waals surface area contributed by atoms with Gasteiger partial charge >= 0.3 is 12.2 Å². The van der Waals surface area contributed by atoms with Crippen molar-refractivity contribution in [2.45, 2.75) is 58.3 Å². The smallest absolute Gasteiger partial charge is 0.437 e. The molecule has 1 unspecified atom stereocenters. The molecule has 1 aromatic carbocycles. The fraction of sp³-hybridized carbons (Fsp3) is 0.550. The van der Waals surface area contributed by atoms with E-state index in [1.807, 2.05) is 56.0 Å². The number of hydrogen-bond donors (Lipinski definition) is 2. The lowest BCUT2D eigenvalue weighted by Crippen LogP contribution is -2.52. The van der Waals surface area contributed by atoms with Crippen LogP contribution >= 0.6 is 0 Å². The Morgan fingerprint density at radius 3 is 2.64 bits per heavy atom. The lowest BCUT2D eigenvalue weighted by Gasteiger charge is -2.36. The Labute approximate surface area is 166 Å². The van der Waals surface area contributed by atoms with Crippen LogP contribution in [-0.2, 0) is 16.1 Å². The average molecular weight is 390 g/mol. The predicted molar refractivity (Wildman–Crippen MR) is 107 cm³/mol. The summed E-state index contributed by atoms with van der Waals surface area (Å²) in [6, 6.07) is 9.32. The molecule has 0 aromatic heterocycles. The fourth-order valence-corrected chi connectivity index (χ4v) is 2.94. The first-order valence-electron chi connectivity index (χ1n) is 9.53. The van der Waals surface area contributed by atoms with Gasteiger partial charge in [0.1, 0.15) is 12.2 Å². The van der Waals surface area contributed by atoms with Crippen molar-refractivity contribution in [3.8, 4) is 0 Å². The van der Waals surface area contributed by atoms with Gasteiger partial charge < -0.3 is 25.4 Å². The Morgan fingerprint density at radius 2 is 1.96 bits per heavy atom. The third-order valence-corrected chi connectivity index (χ3v) is 4.21. The molecule has 1 fully saturated rings. The first-order valence-corrected chi connectivity index (χ1v) is 9.53. The molecular formula is C20H30N4O4. The third kappa shape index (κ3) is 7.46. The topological polar surface area (TPSA) is 106 Å². The van der Waals surface area contributed by atoms with Crippen molar-refractivity contribution in [3.05, 3.63) is 35.9 Å². The number of nitrogens with two attached hydrogens (primary N) is 1. The van der Waals surface area contributed by atoms with E-state index in [-0.39, 0.29) is 18.6 Å². The molecule has 2 amide bonds. The van der Waals surface area contributed by atoms with Crippen molar-refractivity contribution < 1.29 is 19.1 Å². The van der Waals surface area contributed by atoms with Crippen LogP contribution in [0.5, 0.6) is 0 Å². The van der Waals surface area contributed by atoms with Gasteiger partial charge in [-0.15, -0.1) is 4.99 Å². The van der Waals surface area contributed by atoms with Gasteiger partial charge in [0.15, 0.2) is 0 Å². The van der Waals surface area contributed by atoms with Crippen LogP contribution < -0.4 is 11.1 Å². The molecule has 1 atom stereocenters. The highest BCUT2D eigenvalue weighted by atomic mass is 16.6. The Morgan fingerprint density at radius 1 is 1.25 bits per heavy atom. The van der Waals surface area contributed by atoms with Gasteiger partial charge in [-0.3, -0.25) is 0 Å². The van der Waals surface area contributed by atoms with Crippen molar-refractivity contribution in [1.29, 1.82) is 0 Å². The highest BCUT2D eigenvalue weighted by Gasteiger charge is 2.26. The van der Waals surface area contributed by atoms with Crippen LogP contribution in [0.25, 0.3) is 0 Å². The Bertz CT molecular complexity index is 685. The lowest BCUT2D eigenvalue weighted by atomic mass is 10.0. The number of carbonyl (C=O) groups is 2. The first-order chi connectivity index (χ1) is 13.2. The number of benzene rings is 1. The average Bonchev–Trinajstić information content (AvgIpc) is 2.64. The van der Waals surface area contributed by atoms with Gasteiger partial charge in [-0.05, 0) is 45.6 Å². The van der Waals surface area contributed by atoms with E-state index < -0.39 is 17.8 Å². The second-order valence-electron chi connectivity index (χ2n) is 7.74. The van der Waals surface area contributed by atoms with Gasteiger partial charge in [0.2, 0.25) is 5.96 Å². The SMILES string of the molecule is CC(C)(C)OC(=O)NCC1CCCCN1C(N)=NC(=O)OCc1ccccc1. The van der Waals surface area contributed by atoms with E-state index in [0.29, 0.717) is 13.1 Å². The first kappa shape index (κ1) is 21.5. The van der Waals surface area contributed by atoms with Crippen molar-refractivity contribution >= 4 is 18.1 Å². The molecule has 0 aliphatic carbocycles. The molecule has 8 heteroatoms. The largest absolute Gasteiger partial charge is 0.444 e. The number of nitrogens with one attached hydrogen (secondary N) is 1. The van der Waals surface area contributed by atoms with E-state index in [1.165, 1.54) is 0 Å². The summed E-state index contributed by atoms with van der Waals surface area (Å²) in [7, 11) is 0. The zero-order valence-corrected chi connectivity index (χ0v) is 16.8. The van der Waals surface area contributed by atoms with Gasteiger partial charge in [0.25, 0.3) is 0 Å². The highest BCUT2D eigenvalue weighted by molar-refractivity contribution is 5.89. The van der Waals surface area contributed by atoms with Crippen molar-refractivity contribution in [1.82, 2.24) is 10.2 Å². The van der Waals surface area contributed by atoms with E-state index in [1.54, 1.807) is 0 Å². The third-order valence-electron chi connectivity index (χ3n) is 4.21.